The number of carbonyl (C=O) groups excluding carboxylic acids is 2. The summed E-state index contributed by atoms with van der Waals surface area (Å²) >= 11 is 0. The van der Waals surface area contributed by atoms with E-state index in [0.29, 0.717) is 12.8 Å². The third-order valence-corrected chi connectivity index (χ3v) is 4.90. The average Bonchev–Trinajstić information content (AvgIpc) is 2.57. The smallest absolute Gasteiger partial charge is 0.190 e. The molecule has 0 saturated carbocycles. The molecule has 4 aliphatic carbocycles. The molecule has 0 unspecified atom stereocenters. The van der Waals surface area contributed by atoms with Gasteiger partial charge in [0.1, 0.15) is 0 Å². The van der Waals surface area contributed by atoms with Crippen LogP contribution >= 0.6 is 0 Å². The first-order valence-electron chi connectivity index (χ1n) is 7.50. The molecule has 0 saturated heterocycles. The second kappa shape index (κ2) is 3.92. The minimum absolute atomic E-state index is 0.0718. The highest BCUT2D eigenvalue weighted by molar-refractivity contribution is 6.21. The zero-order chi connectivity index (χ0) is 14.8. The fraction of sp³-hybridized carbons (Fsp3) is 0.100. The van der Waals surface area contributed by atoms with Crippen molar-refractivity contribution < 1.29 is 9.59 Å². The van der Waals surface area contributed by atoms with Crippen molar-refractivity contribution in [3.63, 3.8) is 0 Å². The lowest BCUT2D eigenvalue weighted by Gasteiger charge is -2.34. The Kier molecular flexibility index (Phi) is 2.11. The average molecular weight is 284 g/mol. The minimum atomic E-state index is 0.0718. The quantitative estimate of drug-likeness (QED) is 0.727. The van der Waals surface area contributed by atoms with Crippen LogP contribution in [-0.4, -0.2) is 11.6 Å². The topological polar surface area (TPSA) is 34.1 Å². The fourth-order valence-electron chi connectivity index (χ4n) is 3.91. The van der Waals surface area contributed by atoms with E-state index in [1.165, 1.54) is 0 Å². The first-order chi connectivity index (χ1) is 10.8. The van der Waals surface area contributed by atoms with Crippen molar-refractivity contribution in [3.8, 4) is 0 Å². The molecule has 22 heavy (non-hydrogen) atoms. The van der Waals surface area contributed by atoms with Gasteiger partial charge in [-0.1, -0.05) is 42.5 Å². The summed E-state index contributed by atoms with van der Waals surface area (Å²) in [6.07, 6.45) is 9.01. The van der Waals surface area contributed by atoms with E-state index in [2.05, 4.69) is 12.2 Å². The highest BCUT2D eigenvalue weighted by atomic mass is 16.1. The van der Waals surface area contributed by atoms with Crippen molar-refractivity contribution in [1.82, 2.24) is 0 Å². The van der Waals surface area contributed by atoms with Crippen LogP contribution in [0.25, 0.3) is 5.57 Å². The van der Waals surface area contributed by atoms with Gasteiger partial charge in [0.25, 0.3) is 0 Å². The van der Waals surface area contributed by atoms with Crippen LogP contribution in [0.5, 0.6) is 0 Å². The van der Waals surface area contributed by atoms with Crippen molar-refractivity contribution in [2.24, 2.45) is 0 Å². The van der Waals surface area contributed by atoms with Gasteiger partial charge in [0.05, 0.1) is 0 Å². The van der Waals surface area contributed by atoms with Gasteiger partial charge < -0.3 is 0 Å². The van der Waals surface area contributed by atoms with E-state index in [0.717, 1.165) is 44.6 Å². The molecule has 0 aromatic heterocycles. The molecule has 0 amide bonds. The Bertz CT molecular complexity index is 946. The third-order valence-electron chi connectivity index (χ3n) is 4.90. The maximum absolute atomic E-state index is 12.8. The van der Waals surface area contributed by atoms with Crippen molar-refractivity contribution in [2.75, 3.05) is 0 Å². The summed E-state index contributed by atoms with van der Waals surface area (Å²) in [5.41, 5.74) is 7.66. The van der Waals surface area contributed by atoms with E-state index in [1.807, 2.05) is 30.3 Å². The number of allylic oxidation sites excluding steroid dienone is 10. The standard InChI is InChI=1S/C20H12O2/c21-17-10-6-11-5-7-16-19-13(8-9-15(17)18(11)19)12-3-1-2-4-14(12)20(16)22/h1-6,8,10H,7,9H2. The molecule has 0 spiro atoms. The van der Waals surface area contributed by atoms with Crippen molar-refractivity contribution in [1.29, 1.82) is 0 Å². The molecule has 2 heteroatoms. The fourth-order valence-corrected chi connectivity index (χ4v) is 3.91. The highest BCUT2D eigenvalue weighted by Gasteiger charge is 2.37. The van der Waals surface area contributed by atoms with Crippen molar-refractivity contribution >= 4 is 17.1 Å². The van der Waals surface area contributed by atoms with Gasteiger partial charge in [-0.3, -0.25) is 9.59 Å². The van der Waals surface area contributed by atoms with Crippen LogP contribution in [0.15, 0.2) is 76.4 Å². The highest BCUT2D eigenvalue weighted by Crippen LogP contribution is 2.50. The molecule has 0 fully saturated rings. The largest absolute Gasteiger partial charge is 0.290 e. The summed E-state index contributed by atoms with van der Waals surface area (Å²) in [4.78, 5) is 25.0. The molecule has 0 radical (unpaired) electrons. The molecule has 104 valence electrons. The number of hydrogen-bond donors (Lipinski definition) is 0. The van der Waals surface area contributed by atoms with Gasteiger partial charge in [-0.15, -0.1) is 0 Å². The number of carbonyl (C=O) groups is 2. The number of hydrogen-bond acceptors (Lipinski definition) is 2. The molecule has 0 heterocycles. The lowest BCUT2D eigenvalue weighted by Crippen LogP contribution is -2.24. The first kappa shape index (κ1) is 11.9. The number of Topliss-reactive ketones (excluding diaryl/α,β-unsaturated/α-hetero) is 1. The lowest BCUT2D eigenvalue weighted by atomic mass is 9.67. The summed E-state index contributed by atoms with van der Waals surface area (Å²) in [7, 11) is 0. The molecule has 0 aliphatic heterocycles. The lowest BCUT2D eigenvalue weighted by molar-refractivity contribution is -0.111. The van der Waals surface area contributed by atoms with Gasteiger partial charge in [-0.05, 0) is 46.8 Å². The third kappa shape index (κ3) is 1.30. The Morgan fingerprint density at radius 3 is 2.41 bits per heavy atom. The van der Waals surface area contributed by atoms with E-state index >= 15 is 0 Å². The van der Waals surface area contributed by atoms with Gasteiger partial charge >= 0.3 is 0 Å². The molecule has 0 bridgehead atoms. The van der Waals surface area contributed by atoms with Crippen LogP contribution in [-0.2, 0) is 4.79 Å². The SMILES string of the molecule is O=C1C=CC2=CCC3=C4C(=CCC1=C24)c1ccccc1C3=O. The molecule has 0 atom stereocenters. The van der Waals surface area contributed by atoms with E-state index in [1.54, 1.807) is 6.08 Å². The zero-order valence-electron chi connectivity index (χ0n) is 11.8. The number of fused-ring (bicyclic) bond motifs is 2. The second-order valence-corrected chi connectivity index (χ2v) is 5.96. The Morgan fingerprint density at radius 1 is 0.773 bits per heavy atom. The van der Waals surface area contributed by atoms with Crippen LogP contribution in [0.2, 0.25) is 0 Å². The maximum atomic E-state index is 12.8. The molecule has 0 N–H and O–H groups in total. The van der Waals surface area contributed by atoms with E-state index in [4.69, 9.17) is 0 Å². The van der Waals surface area contributed by atoms with E-state index < -0.39 is 0 Å². The van der Waals surface area contributed by atoms with Gasteiger partial charge in [0.15, 0.2) is 11.6 Å². The number of rotatable bonds is 0. The Labute approximate surface area is 127 Å². The van der Waals surface area contributed by atoms with Gasteiger partial charge in [-0.25, -0.2) is 0 Å². The van der Waals surface area contributed by atoms with E-state index in [9.17, 15) is 9.59 Å². The summed E-state index contributed by atoms with van der Waals surface area (Å²) in [5, 5.41) is 0. The molecule has 4 aliphatic rings. The Balaban J connectivity index is 1.85. The summed E-state index contributed by atoms with van der Waals surface area (Å²) < 4.78 is 0. The van der Waals surface area contributed by atoms with Crippen LogP contribution in [0.1, 0.15) is 28.8 Å². The van der Waals surface area contributed by atoms with Crippen LogP contribution < -0.4 is 0 Å². The second-order valence-electron chi connectivity index (χ2n) is 5.96. The van der Waals surface area contributed by atoms with Crippen LogP contribution in [0, 0.1) is 0 Å². The molecular formula is C20H12O2. The minimum Gasteiger partial charge on any atom is -0.290 e. The predicted octanol–water partition coefficient (Wildman–Crippen LogP) is 3.73. The van der Waals surface area contributed by atoms with Crippen molar-refractivity contribution in [3.05, 3.63) is 87.6 Å². The summed E-state index contributed by atoms with van der Waals surface area (Å²) in [6.45, 7) is 0. The molecular weight excluding hydrogens is 272 g/mol. The first-order valence-corrected chi connectivity index (χ1v) is 7.50. The number of benzene rings is 1. The molecule has 1 aromatic carbocycles. The molecule has 5 rings (SSSR count). The van der Waals surface area contributed by atoms with E-state index in [-0.39, 0.29) is 11.6 Å². The Hall–Kier alpha value is -2.74. The monoisotopic (exact) mass is 284 g/mol. The predicted molar refractivity (Wildman–Crippen MR) is 84.3 cm³/mol. The van der Waals surface area contributed by atoms with Gasteiger partial charge in [-0.2, -0.15) is 0 Å². The van der Waals surface area contributed by atoms with Crippen LogP contribution in [0.4, 0.5) is 0 Å². The van der Waals surface area contributed by atoms with Crippen LogP contribution in [0.3, 0.4) is 0 Å². The summed E-state index contributed by atoms with van der Waals surface area (Å²) in [5.74, 6) is 0.177. The zero-order valence-corrected chi connectivity index (χ0v) is 11.8. The van der Waals surface area contributed by atoms with Gasteiger partial charge in [0.2, 0.25) is 0 Å². The maximum Gasteiger partial charge on any atom is 0.190 e. The normalized spacial score (nSPS) is 21.5. The molecule has 1 aromatic rings. The summed E-state index contributed by atoms with van der Waals surface area (Å²) in [6, 6.07) is 7.78. The Morgan fingerprint density at radius 2 is 1.55 bits per heavy atom. The number of ketones is 2. The van der Waals surface area contributed by atoms with Gasteiger partial charge in [0, 0.05) is 16.7 Å². The van der Waals surface area contributed by atoms with Crippen molar-refractivity contribution in [2.45, 2.75) is 12.8 Å². The molecule has 2 nitrogen and oxygen atoms in total.